The molecule has 4 heteroatoms. The summed E-state index contributed by atoms with van der Waals surface area (Å²) in [5, 5.41) is 9.61. The molecule has 3 nitrogen and oxygen atoms in total. The van der Waals surface area contributed by atoms with Crippen LogP contribution in [0.5, 0.6) is 0 Å². The summed E-state index contributed by atoms with van der Waals surface area (Å²) in [7, 11) is 0. The molecular weight excluding hydrogens is 238 g/mol. The zero-order valence-electron chi connectivity index (χ0n) is 9.98. The number of rotatable bonds is 3. The number of carboxylic acids is 1. The largest absolute Gasteiger partial charge is 0.481 e. The van der Waals surface area contributed by atoms with Crippen molar-refractivity contribution in [1.29, 1.82) is 0 Å². The molecular formula is C13H16ClNO2. The number of aliphatic carboxylic acids is 1. The zero-order chi connectivity index (χ0) is 12.6. The van der Waals surface area contributed by atoms with E-state index in [0.29, 0.717) is 11.1 Å². The van der Waals surface area contributed by atoms with Gasteiger partial charge in [-0.3, -0.25) is 4.79 Å². The van der Waals surface area contributed by atoms with E-state index in [0.717, 1.165) is 17.8 Å². The van der Waals surface area contributed by atoms with Gasteiger partial charge in [0, 0.05) is 29.2 Å². The van der Waals surface area contributed by atoms with E-state index < -0.39 is 5.97 Å². The number of nitrogens with zero attached hydrogens (tertiary/aromatic N) is 1. The lowest BCUT2D eigenvalue weighted by Gasteiger charge is -2.24. The molecule has 1 aliphatic rings. The van der Waals surface area contributed by atoms with Crippen LogP contribution in [-0.2, 0) is 4.79 Å². The van der Waals surface area contributed by atoms with Gasteiger partial charge < -0.3 is 10.0 Å². The van der Waals surface area contributed by atoms with Gasteiger partial charge in [-0.05, 0) is 37.6 Å². The molecule has 1 aromatic carbocycles. The number of hydrogen-bond acceptors (Lipinski definition) is 2. The molecule has 2 rings (SSSR count). The molecule has 1 heterocycles. The Morgan fingerprint density at radius 1 is 1.59 bits per heavy atom. The molecule has 0 aromatic heterocycles. The van der Waals surface area contributed by atoms with Crippen LogP contribution < -0.4 is 4.90 Å². The number of anilines is 1. The molecule has 0 saturated carbocycles. The second kappa shape index (κ2) is 4.57. The van der Waals surface area contributed by atoms with Gasteiger partial charge in [0.05, 0.1) is 6.42 Å². The van der Waals surface area contributed by atoms with E-state index in [1.807, 2.05) is 18.2 Å². The predicted molar refractivity (Wildman–Crippen MR) is 68.9 cm³/mol. The highest BCUT2D eigenvalue weighted by atomic mass is 35.5. The third-order valence-electron chi connectivity index (χ3n) is 3.20. The molecule has 17 heavy (non-hydrogen) atoms. The van der Waals surface area contributed by atoms with Crippen LogP contribution in [0.25, 0.3) is 0 Å². The number of carboxylic acid groups (broad SMARTS) is 1. The quantitative estimate of drug-likeness (QED) is 0.900. The van der Waals surface area contributed by atoms with E-state index in [1.165, 1.54) is 0 Å². The fraction of sp³-hybridized carbons (Fsp3) is 0.462. The lowest BCUT2D eigenvalue weighted by atomic mass is 9.98. The Kier molecular flexibility index (Phi) is 3.29. The first kappa shape index (κ1) is 12.2. The van der Waals surface area contributed by atoms with Crippen LogP contribution in [-0.4, -0.2) is 23.7 Å². The van der Waals surface area contributed by atoms with Crippen molar-refractivity contribution in [2.45, 2.75) is 32.2 Å². The van der Waals surface area contributed by atoms with Gasteiger partial charge in [-0.2, -0.15) is 0 Å². The number of fused-ring (bicyclic) bond motifs is 1. The Morgan fingerprint density at radius 2 is 2.29 bits per heavy atom. The van der Waals surface area contributed by atoms with Crippen molar-refractivity contribution < 1.29 is 9.90 Å². The van der Waals surface area contributed by atoms with Crippen molar-refractivity contribution in [3.8, 4) is 0 Å². The molecule has 1 atom stereocenters. The van der Waals surface area contributed by atoms with Gasteiger partial charge in [0.25, 0.3) is 0 Å². The fourth-order valence-electron chi connectivity index (χ4n) is 2.42. The summed E-state index contributed by atoms with van der Waals surface area (Å²) < 4.78 is 0. The first-order valence-electron chi connectivity index (χ1n) is 5.77. The number of hydrogen-bond donors (Lipinski definition) is 1. The Labute approximate surface area is 106 Å². The van der Waals surface area contributed by atoms with E-state index >= 15 is 0 Å². The normalized spacial score (nSPS) is 18.6. The maximum atomic E-state index is 10.9. The van der Waals surface area contributed by atoms with Crippen molar-refractivity contribution in [3.63, 3.8) is 0 Å². The van der Waals surface area contributed by atoms with Crippen LogP contribution >= 0.6 is 11.6 Å². The van der Waals surface area contributed by atoms with E-state index in [2.05, 4.69) is 18.7 Å². The molecule has 1 aromatic rings. The van der Waals surface area contributed by atoms with E-state index in [4.69, 9.17) is 16.7 Å². The lowest BCUT2D eigenvalue weighted by Crippen LogP contribution is -2.29. The molecule has 0 aliphatic carbocycles. The second-order valence-corrected chi connectivity index (χ2v) is 5.18. The maximum absolute atomic E-state index is 10.9. The van der Waals surface area contributed by atoms with Crippen molar-refractivity contribution in [2.75, 3.05) is 11.4 Å². The van der Waals surface area contributed by atoms with Crippen LogP contribution in [0, 0.1) is 0 Å². The van der Waals surface area contributed by atoms with Crippen molar-refractivity contribution >= 4 is 23.3 Å². The Balaban J connectivity index is 2.37. The topological polar surface area (TPSA) is 40.5 Å². The third-order valence-corrected chi connectivity index (χ3v) is 3.44. The van der Waals surface area contributed by atoms with E-state index in [1.54, 1.807) is 0 Å². The highest BCUT2D eigenvalue weighted by Crippen LogP contribution is 2.40. The molecule has 0 fully saturated rings. The summed E-state index contributed by atoms with van der Waals surface area (Å²) in [6, 6.07) is 6.11. The van der Waals surface area contributed by atoms with Gasteiger partial charge in [0.2, 0.25) is 0 Å². The molecule has 92 valence electrons. The van der Waals surface area contributed by atoms with Crippen molar-refractivity contribution in [3.05, 3.63) is 28.8 Å². The predicted octanol–water partition coefficient (Wildman–Crippen LogP) is 3.13. The molecule has 0 radical (unpaired) electrons. The van der Waals surface area contributed by atoms with Crippen molar-refractivity contribution in [1.82, 2.24) is 0 Å². The van der Waals surface area contributed by atoms with Crippen LogP contribution in [0.15, 0.2) is 18.2 Å². The minimum Gasteiger partial charge on any atom is -0.481 e. The fourth-order valence-corrected chi connectivity index (χ4v) is 2.60. The maximum Gasteiger partial charge on any atom is 0.304 e. The molecule has 0 amide bonds. The summed E-state index contributed by atoms with van der Waals surface area (Å²) in [5.74, 6) is -0.713. The van der Waals surface area contributed by atoms with Crippen LogP contribution in [0.2, 0.25) is 5.02 Å². The summed E-state index contributed by atoms with van der Waals surface area (Å²) in [5.41, 5.74) is 2.18. The summed E-state index contributed by atoms with van der Waals surface area (Å²) in [4.78, 5) is 13.1. The smallest absolute Gasteiger partial charge is 0.304 e. The van der Waals surface area contributed by atoms with Crippen LogP contribution in [0.3, 0.4) is 0 Å². The molecule has 1 N–H and O–H groups in total. The molecule has 1 aliphatic heterocycles. The monoisotopic (exact) mass is 253 g/mol. The Morgan fingerprint density at radius 3 is 2.88 bits per heavy atom. The lowest BCUT2D eigenvalue weighted by molar-refractivity contribution is -0.137. The minimum absolute atomic E-state index is 0.0450. The van der Waals surface area contributed by atoms with Crippen LogP contribution in [0.1, 0.15) is 31.7 Å². The molecule has 1 unspecified atom stereocenters. The summed E-state index contributed by atoms with van der Waals surface area (Å²) >= 11 is 5.99. The van der Waals surface area contributed by atoms with Gasteiger partial charge >= 0.3 is 5.97 Å². The molecule has 0 spiro atoms. The minimum atomic E-state index is -0.758. The third kappa shape index (κ3) is 2.39. The first-order valence-corrected chi connectivity index (χ1v) is 6.14. The second-order valence-electron chi connectivity index (χ2n) is 4.74. The zero-order valence-corrected chi connectivity index (χ0v) is 10.7. The first-order chi connectivity index (χ1) is 7.99. The molecule has 0 bridgehead atoms. The van der Waals surface area contributed by atoms with E-state index in [-0.39, 0.29) is 12.3 Å². The highest BCUT2D eigenvalue weighted by molar-refractivity contribution is 6.30. The number of benzene rings is 1. The summed E-state index contributed by atoms with van der Waals surface area (Å²) in [6.07, 6.45) is 0.163. The average Bonchev–Trinajstić information content (AvgIpc) is 2.56. The number of carbonyl (C=O) groups is 1. The standard InChI is InChI=1S/C13H16ClNO2/c1-8(2)15-7-9(5-13(16)17)11-6-10(14)3-4-12(11)15/h3-4,6,8-9H,5,7H2,1-2H3,(H,16,17). The van der Waals surface area contributed by atoms with Gasteiger partial charge in [-0.25, -0.2) is 0 Å². The Hall–Kier alpha value is -1.22. The molecule has 0 saturated heterocycles. The van der Waals surface area contributed by atoms with E-state index in [9.17, 15) is 4.79 Å². The Bertz CT molecular complexity index is 445. The summed E-state index contributed by atoms with van der Waals surface area (Å²) in [6.45, 7) is 4.99. The highest BCUT2D eigenvalue weighted by Gasteiger charge is 2.31. The average molecular weight is 254 g/mol. The van der Waals surface area contributed by atoms with Gasteiger partial charge in [0.1, 0.15) is 0 Å². The van der Waals surface area contributed by atoms with Crippen LogP contribution in [0.4, 0.5) is 5.69 Å². The van der Waals surface area contributed by atoms with Gasteiger partial charge in [-0.15, -0.1) is 0 Å². The SMILES string of the molecule is CC(C)N1CC(CC(=O)O)c2cc(Cl)ccc21. The van der Waals surface area contributed by atoms with Crippen molar-refractivity contribution in [2.24, 2.45) is 0 Å². The number of halogens is 1. The van der Waals surface area contributed by atoms with Gasteiger partial charge in [0.15, 0.2) is 0 Å². The van der Waals surface area contributed by atoms with Gasteiger partial charge in [-0.1, -0.05) is 11.6 Å².